The maximum absolute atomic E-state index is 12.3. The number of imidazole rings is 1. The highest BCUT2D eigenvalue weighted by Crippen LogP contribution is 2.20. The van der Waals surface area contributed by atoms with E-state index in [0.29, 0.717) is 18.0 Å². The summed E-state index contributed by atoms with van der Waals surface area (Å²) in [6.07, 6.45) is 0.348. The number of H-pyrrole nitrogens is 1. The van der Waals surface area contributed by atoms with Gasteiger partial charge in [-0.05, 0) is 6.92 Å². The van der Waals surface area contributed by atoms with E-state index >= 15 is 0 Å². The van der Waals surface area contributed by atoms with Crippen molar-refractivity contribution in [2.45, 2.75) is 13.3 Å². The van der Waals surface area contributed by atoms with Crippen molar-refractivity contribution < 1.29 is 9.32 Å². The molecule has 0 aliphatic heterocycles. The minimum absolute atomic E-state index is 0.173. The van der Waals surface area contributed by atoms with E-state index in [1.54, 1.807) is 13.1 Å². The zero-order valence-corrected chi connectivity index (χ0v) is 16.7. The number of aryl methyl sites for hydroxylation is 2. The van der Waals surface area contributed by atoms with Gasteiger partial charge in [0.2, 0.25) is 0 Å². The van der Waals surface area contributed by atoms with E-state index < -0.39 is 11.2 Å². The summed E-state index contributed by atoms with van der Waals surface area (Å²) < 4.78 is 7.59. The van der Waals surface area contributed by atoms with Gasteiger partial charge in [-0.1, -0.05) is 35.0 Å². The molecule has 0 bridgehead atoms. The number of nitrogens with zero attached hydrogens (tertiary/aromatic N) is 4. The molecule has 0 aliphatic rings. The molecular formula is C20H20N6O4. The van der Waals surface area contributed by atoms with Crippen LogP contribution in [0.5, 0.6) is 0 Å². The maximum atomic E-state index is 12.3. The lowest BCUT2D eigenvalue weighted by molar-refractivity contribution is 0.0945. The fourth-order valence-corrected chi connectivity index (χ4v) is 3.11. The number of amides is 1. The zero-order chi connectivity index (χ0) is 21.4. The van der Waals surface area contributed by atoms with Crippen LogP contribution in [0.3, 0.4) is 0 Å². The molecule has 0 saturated carbocycles. The monoisotopic (exact) mass is 408 g/mol. The number of fused-ring (bicyclic) bond motifs is 1. The van der Waals surface area contributed by atoms with Gasteiger partial charge in [-0.2, -0.15) is 0 Å². The molecule has 10 heteroatoms. The molecule has 4 aromatic rings. The van der Waals surface area contributed by atoms with E-state index in [4.69, 9.17) is 4.52 Å². The third-order valence-electron chi connectivity index (χ3n) is 4.87. The molecule has 0 fully saturated rings. The SMILES string of the molecule is Cc1ccc(-c2cc(C(=O)NCCc3nc4c([nH]3)c(=O)n(C)c(=O)n4C)no2)cc1. The van der Waals surface area contributed by atoms with E-state index in [1.807, 2.05) is 31.2 Å². The highest BCUT2D eigenvalue weighted by atomic mass is 16.5. The Morgan fingerprint density at radius 1 is 1.17 bits per heavy atom. The summed E-state index contributed by atoms with van der Waals surface area (Å²) in [7, 11) is 2.96. The number of hydrogen-bond donors (Lipinski definition) is 2. The molecule has 1 amide bonds. The van der Waals surface area contributed by atoms with E-state index in [9.17, 15) is 14.4 Å². The second-order valence-corrected chi connectivity index (χ2v) is 7.04. The minimum atomic E-state index is -0.450. The Kier molecular flexibility index (Phi) is 4.82. The van der Waals surface area contributed by atoms with Gasteiger partial charge in [0.1, 0.15) is 11.3 Å². The summed E-state index contributed by atoms with van der Waals surface area (Å²) >= 11 is 0. The predicted octanol–water partition coefficient (Wildman–Crippen LogP) is 0.896. The van der Waals surface area contributed by atoms with Crippen molar-refractivity contribution in [2.75, 3.05) is 6.54 Å². The molecule has 0 saturated heterocycles. The van der Waals surface area contributed by atoms with Gasteiger partial charge in [-0.15, -0.1) is 0 Å². The molecular weight excluding hydrogens is 388 g/mol. The lowest BCUT2D eigenvalue weighted by Gasteiger charge is -2.00. The third kappa shape index (κ3) is 3.43. The number of aromatic amines is 1. The van der Waals surface area contributed by atoms with Crippen LogP contribution < -0.4 is 16.6 Å². The van der Waals surface area contributed by atoms with E-state index in [0.717, 1.165) is 15.7 Å². The molecule has 4 rings (SSSR count). The standard InChI is InChI=1S/C20H20N6O4/c1-11-4-6-12(7-5-11)14-10-13(24-30-14)18(27)21-9-8-15-22-16-17(23-15)25(2)20(29)26(3)19(16)28/h4-7,10H,8-9H2,1-3H3,(H,21,27)(H,22,23). The van der Waals surface area contributed by atoms with Crippen LogP contribution in [0.15, 0.2) is 44.4 Å². The average Bonchev–Trinajstić information content (AvgIpc) is 3.39. The van der Waals surface area contributed by atoms with Crippen LogP contribution in [0, 0.1) is 6.92 Å². The first-order valence-electron chi connectivity index (χ1n) is 9.31. The summed E-state index contributed by atoms with van der Waals surface area (Å²) in [4.78, 5) is 43.8. The third-order valence-corrected chi connectivity index (χ3v) is 4.87. The molecule has 0 aliphatic carbocycles. The van der Waals surface area contributed by atoms with Crippen LogP contribution in [0.2, 0.25) is 0 Å². The Hall–Kier alpha value is -3.95. The van der Waals surface area contributed by atoms with Crippen molar-refractivity contribution in [2.24, 2.45) is 14.1 Å². The largest absolute Gasteiger partial charge is 0.355 e. The molecule has 0 unspecified atom stereocenters. The summed E-state index contributed by atoms with van der Waals surface area (Å²) in [6.45, 7) is 2.25. The normalized spacial score (nSPS) is 11.2. The van der Waals surface area contributed by atoms with Crippen molar-refractivity contribution >= 4 is 17.1 Å². The van der Waals surface area contributed by atoms with Gasteiger partial charge in [0.25, 0.3) is 11.5 Å². The second kappa shape index (κ2) is 7.47. The average molecular weight is 408 g/mol. The predicted molar refractivity (Wildman–Crippen MR) is 109 cm³/mol. The highest BCUT2D eigenvalue weighted by molar-refractivity contribution is 5.93. The van der Waals surface area contributed by atoms with Crippen LogP contribution >= 0.6 is 0 Å². The van der Waals surface area contributed by atoms with Crippen LogP contribution in [0.25, 0.3) is 22.5 Å². The molecule has 10 nitrogen and oxygen atoms in total. The molecule has 3 heterocycles. The first kappa shape index (κ1) is 19.4. The Morgan fingerprint density at radius 2 is 1.90 bits per heavy atom. The summed E-state index contributed by atoms with van der Waals surface area (Å²) in [5, 5.41) is 6.57. The first-order valence-corrected chi connectivity index (χ1v) is 9.31. The number of benzene rings is 1. The summed E-state index contributed by atoms with van der Waals surface area (Å²) in [5.74, 6) is 0.620. The molecule has 0 spiro atoms. The fourth-order valence-electron chi connectivity index (χ4n) is 3.11. The van der Waals surface area contributed by atoms with Gasteiger partial charge < -0.3 is 14.8 Å². The van der Waals surface area contributed by atoms with E-state index in [2.05, 4.69) is 20.4 Å². The van der Waals surface area contributed by atoms with Crippen LogP contribution in [0.1, 0.15) is 21.9 Å². The summed E-state index contributed by atoms with van der Waals surface area (Å²) in [6, 6.07) is 9.29. The number of carbonyl (C=O) groups excluding carboxylic acids is 1. The maximum Gasteiger partial charge on any atom is 0.332 e. The molecule has 154 valence electrons. The number of hydrogen-bond acceptors (Lipinski definition) is 6. The molecule has 3 aromatic heterocycles. The van der Waals surface area contributed by atoms with Crippen molar-refractivity contribution in [3.63, 3.8) is 0 Å². The number of aromatic nitrogens is 5. The van der Waals surface area contributed by atoms with Crippen LogP contribution in [-0.2, 0) is 20.5 Å². The van der Waals surface area contributed by atoms with Crippen LogP contribution in [0.4, 0.5) is 0 Å². The number of carbonyl (C=O) groups is 1. The molecule has 0 radical (unpaired) electrons. The fraction of sp³-hybridized carbons (Fsp3) is 0.250. The first-order chi connectivity index (χ1) is 14.3. The lowest BCUT2D eigenvalue weighted by atomic mass is 10.1. The van der Waals surface area contributed by atoms with Gasteiger partial charge in [0.05, 0.1) is 0 Å². The highest BCUT2D eigenvalue weighted by Gasteiger charge is 2.15. The smallest absolute Gasteiger partial charge is 0.332 e. The number of rotatable bonds is 5. The Balaban J connectivity index is 1.43. The van der Waals surface area contributed by atoms with Gasteiger partial charge >= 0.3 is 5.69 Å². The second-order valence-electron chi connectivity index (χ2n) is 7.04. The summed E-state index contributed by atoms with van der Waals surface area (Å²) in [5.41, 5.74) is 1.77. The van der Waals surface area contributed by atoms with Gasteiger partial charge in [0.15, 0.2) is 17.1 Å². The van der Waals surface area contributed by atoms with Crippen molar-refractivity contribution in [1.29, 1.82) is 0 Å². The Bertz CT molecular complexity index is 1360. The van der Waals surface area contributed by atoms with Crippen molar-refractivity contribution in [3.05, 3.63) is 68.3 Å². The molecule has 0 atom stereocenters. The quantitative estimate of drug-likeness (QED) is 0.505. The number of nitrogens with one attached hydrogen (secondary N) is 2. The van der Waals surface area contributed by atoms with Crippen molar-refractivity contribution in [3.8, 4) is 11.3 Å². The minimum Gasteiger partial charge on any atom is -0.355 e. The lowest BCUT2D eigenvalue weighted by Crippen LogP contribution is -2.36. The zero-order valence-electron chi connectivity index (χ0n) is 16.7. The Labute approximate surface area is 170 Å². The van der Waals surface area contributed by atoms with Crippen LogP contribution in [-0.4, -0.2) is 36.7 Å². The van der Waals surface area contributed by atoms with E-state index in [-0.39, 0.29) is 29.3 Å². The van der Waals surface area contributed by atoms with Gasteiger partial charge in [-0.3, -0.25) is 18.7 Å². The molecule has 30 heavy (non-hydrogen) atoms. The molecule has 2 N–H and O–H groups in total. The molecule has 1 aromatic carbocycles. The van der Waals surface area contributed by atoms with Crippen molar-refractivity contribution in [1.82, 2.24) is 29.6 Å². The Morgan fingerprint density at radius 3 is 2.63 bits per heavy atom. The van der Waals surface area contributed by atoms with Gasteiger partial charge in [0, 0.05) is 38.7 Å². The topological polar surface area (TPSA) is 128 Å². The van der Waals surface area contributed by atoms with E-state index in [1.165, 1.54) is 11.6 Å². The van der Waals surface area contributed by atoms with Gasteiger partial charge in [-0.25, -0.2) is 9.78 Å².